The van der Waals surface area contributed by atoms with E-state index in [1.54, 1.807) is 0 Å². The highest BCUT2D eigenvalue weighted by atomic mass is 28.2. The van der Waals surface area contributed by atoms with Crippen molar-refractivity contribution in [2.24, 2.45) is 17.8 Å². The van der Waals surface area contributed by atoms with E-state index < -0.39 is 0 Å². The first-order valence-corrected chi connectivity index (χ1v) is 10.3. The molecule has 3 rings (SSSR count). The van der Waals surface area contributed by atoms with Crippen LogP contribution in [0.1, 0.15) is 96.3 Å². The second-order valence-corrected chi connectivity index (χ2v) is 8.31. The van der Waals surface area contributed by atoms with Crippen molar-refractivity contribution in [3.05, 3.63) is 0 Å². The molecule has 0 aromatic heterocycles. The zero-order chi connectivity index (χ0) is 14.5. The minimum absolute atomic E-state index is 0.415. The average molecular weight is 305 g/mol. The summed E-state index contributed by atoms with van der Waals surface area (Å²) in [4.78, 5) is 3.83. The highest BCUT2D eigenvalue weighted by Gasteiger charge is 2.49. The van der Waals surface area contributed by atoms with Gasteiger partial charge in [0, 0.05) is 5.54 Å². The third-order valence-electron chi connectivity index (χ3n) is 7.06. The molecular weight excluding hydrogens is 270 g/mol. The Labute approximate surface area is 135 Å². The Bertz CT molecular complexity index is 253. The number of hydrogen-bond donors (Lipinski definition) is 1. The van der Waals surface area contributed by atoms with E-state index in [0.29, 0.717) is 5.54 Å². The molecule has 0 spiro atoms. The Morgan fingerprint density at radius 1 is 0.524 bits per heavy atom. The molecule has 0 saturated heterocycles. The molecule has 0 aromatic carbocycles. The Hall–Kier alpha value is 0.177. The van der Waals surface area contributed by atoms with Crippen molar-refractivity contribution in [2.45, 2.75) is 102 Å². The van der Waals surface area contributed by atoms with Crippen LogP contribution in [0.15, 0.2) is 0 Å². The molecule has 0 amide bonds. The molecule has 0 unspecified atom stereocenters. The summed E-state index contributed by atoms with van der Waals surface area (Å²) in [7, 11) is 3.89. The standard InChI is InChI=1S/C19H34NSi/c21-20-19(16-10-4-1-5-11-16,17-12-6-2-7-13-17)18-14-8-3-9-15-18/h16-18,20H,1-15H2. The maximum atomic E-state index is 3.89. The first-order chi connectivity index (χ1) is 10.4. The molecular formula is C19H34NSi. The minimum atomic E-state index is 0.415. The summed E-state index contributed by atoms with van der Waals surface area (Å²) in [6.07, 6.45) is 22.1. The van der Waals surface area contributed by atoms with Gasteiger partial charge in [0.25, 0.3) is 0 Å². The van der Waals surface area contributed by atoms with Gasteiger partial charge in [-0.05, 0) is 56.3 Å². The molecule has 0 atom stereocenters. The lowest BCUT2D eigenvalue weighted by Gasteiger charge is -2.55. The molecule has 0 aliphatic heterocycles. The maximum Gasteiger partial charge on any atom is 0.140 e. The van der Waals surface area contributed by atoms with E-state index in [4.69, 9.17) is 0 Å². The SMILES string of the molecule is [Si]NC(C1CCCCC1)(C1CCCCC1)C1CCCCC1. The highest BCUT2D eigenvalue weighted by molar-refractivity contribution is 6.05. The Morgan fingerprint density at radius 2 is 0.810 bits per heavy atom. The van der Waals surface area contributed by atoms with Crippen LogP contribution in [0.4, 0.5) is 0 Å². The quantitative estimate of drug-likeness (QED) is 0.709. The fraction of sp³-hybridized carbons (Fsp3) is 1.00. The molecule has 3 fully saturated rings. The predicted molar refractivity (Wildman–Crippen MR) is 91.3 cm³/mol. The van der Waals surface area contributed by atoms with Crippen LogP contribution >= 0.6 is 0 Å². The lowest BCUT2D eigenvalue weighted by molar-refractivity contribution is 0.0188. The summed E-state index contributed by atoms with van der Waals surface area (Å²) in [5, 5.41) is 0. The van der Waals surface area contributed by atoms with Gasteiger partial charge >= 0.3 is 0 Å². The first kappa shape index (κ1) is 16.0. The molecule has 3 aliphatic carbocycles. The Morgan fingerprint density at radius 3 is 1.05 bits per heavy atom. The van der Waals surface area contributed by atoms with Crippen LogP contribution in [0, 0.1) is 17.8 Å². The predicted octanol–water partition coefficient (Wildman–Crippen LogP) is 5.14. The van der Waals surface area contributed by atoms with Crippen molar-refractivity contribution in [3.63, 3.8) is 0 Å². The maximum absolute atomic E-state index is 3.89. The lowest BCUT2D eigenvalue weighted by Crippen LogP contribution is -2.62. The molecule has 0 aromatic rings. The van der Waals surface area contributed by atoms with E-state index in [0.717, 1.165) is 17.8 Å². The highest BCUT2D eigenvalue weighted by Crippen LogP contribution is 2.50. The fourth-order valence-electron chi connectivity index (χ4n) is 6.05. The van der Waals surface area contributed by atoms with Gasteiger partial charge in [0.15, 0.2) is 0 Å². The van der Waals surface area contributed by atoms with Crippen LogP contribution in [0.5, 0.6) is 0 Å². The van der Waals surface area contributed by atoms with Crippen molar-refractivity contribution >= 4 is 10.4 Å². The largest absolute Gasteiger partial charge is 0.335 e. The Kier molecular flexibility index (Phi) is 5.83. The van der Waals surface area contributed by atoms with Gasteiger partial charge in [0.2, 0.25) is 0 Å². The molecule has 119 valence electrons. The van der Waals surface area contributed by atoms with Gasteiger partial charge in [-0.3, -0.25) is 0 Å². The van der Waals surface area contributed by atoms with Crippen LogP contribution in [-0.2, 0) is 0 Å². The lowest BCUT2D eigenvalue weighted by atomic mass is 9.57. The van der Waals surface area contributed by atoms with E-state index in [-0.39, 0.29) is 0 Å². The van der Waals surface area contributed by atoms with E-state index in [2.05, 4.69) is 15.4 Å². The first-order valence-electron chi connectivity index (χ1n) is 9.82. The van der Waals surface area contributed by atoms with E-state index in [9.17, 15) is 0 Å². The van der Waals surface area contributed by atoms with Gasteiger partial charge in [-0.15, -0.1) is 0 Å². The zero-order valence-electron chi connectivity index (χ0n) is 13.8. The Balaban J connectivity index is 1.85. The smallest absolute Gasteiger partial charge is 0.140 e. The second-order valence-electron chi connectivity index (χ2n) is 8.06. The molecule has 3 aliphatic rings. The summed E-state index contributed by atoms with van der Waals surface area (Å²) in [6.45, 7) is 0. The fourth-order valence-corrected chi connectivity index (χ4v) is 6.66. The summed E-state index contributed by atoms with van der Waals surface area (Å²) < 4.78 is 0. The van der Waals surface area contributed by atoms with Gasteiger partial charge in [0.05, 0.1) is 0 Å². The van der Waals surface area contributed by atoms with Crippen LogP contribution in [0.3, 0.4) is 0 Å². The molecule has 0 heterocycles. The van der Waals surface area contributed by atoms with Crippen molar-refractivity contribution in [3.8, 4) is 0 Å². The van der Waals surface area contributed by atoms with Gasteiger partial charge in [-0.25, -0.2) is 0 Å². The van der Waals surface area contributed by atoms with E-state index >= 15 is 0 Å². The van der Waals surface area contributed by atoms with Gasteiger partial charge in [-0.2, -0.15) is 0 Å². The summed E-state index contributed by atoms with van der Waals surface area (Å²) in [5.41, 5.74) is 0.415. The molecule has 3 radical (unpaired) electrons. The summed E-state index contributed by atoms with van der Waals surface area (Å²) in [6, 6.07) is 0. The van der Waals surface area contributed by atoms with Crippen LogP contribution in [0.25, 0.3) is 0 Å². The van der Waals surface area contributed by atoms with E-state index in [1.165, 1.54) is 96.3 Å². The van der Waals surface area contributed by atoms with E-state index in [1.807, 2.05) is 0 Å². The topological polar surface area (TPSA) is 12.0 Å². The number of nitrogens with one attached hydrogen (secondary N) is 1. The zero-order valence-corrected chi connectivity index (χ0v) is 14.8. The van der Waals surface area contributed by atoms with Crippen molar-refractivity contribution in [1.29, 1.82) is 0 Å². The minimum Gasteiger partial charge on any atom is -0.335 e. The molecule has 1 nitrogen and oxygen atoms in total. The number of rotatable bonds is 4. The van der Waals surface area contributed by atoms with Gasteiger partial charge < -0.3 is 4.98 Å². The summed E-state index contributed by atoms with van der Waals surface area (Å²) in [5.74, 6) is 2.78. The monoisotopic (exact) mass is 304 g/mol. The molecule has 0 bridgehead atoms. The average Bonchev–Trinajstić information content (AvgIpc) is 2.59. The summed E-state index contributed by atoms with van der Waals surface area (Å²) >= 11 is 0. The van der Waals surface area contributed by atoms with Crippen LogP contribution in [0.2, 0.25) is 0 Å². The third-order valence-corrected chi connectivity index (χ3v) is 7.49. The van der Waals surface area contributed by atoms with Gasteiger partial charge in [-0.1, -0.05) is 57.8 Å². The number of hydrogen-bond acceptors (Lipinski definition) is 1. The van der Waals surface area contributed by atoms with Crippen LogP contribution < -0.4 is 4.98 Å². The van der Waals surface area contributed by atoms with Crippen molar-refractivity contribution in [1.82, 2.24) is 4.98 Å². The van der Waals surface area contributed by atoms with Crippen molar-refractivity contribution < 1.29 is 0 Å². The van der Waals surface area contributed by atoms with Gasteiger partial charge in [0.1, 0.15) is 10.4 Å². The molecule has 1 N–H and O–H groups in total. The normalized spacial score (nSPS) is 27.9. The molecule has 3 saturated carbocycles. The molecule has 2 heteroatoms. The van der Waals surface area contributed by atoms with Crippen LogP contribution in [-0.4, -0.2) is 15.9 Å². The molecule has 21 heavy (non-hydrogen) atoms. The second kappa shape index (κ2) is 7.63. The van der Waals surface area contributed by atoms with Crippen molar-refractivity contribution in [2.75, 3.05) is 0 Å². The third kappa shape index (κ3) is 3.27.